The average molecular weight is 188 g/mol. The maximum atomic E-state index is 5.70. The van der Waals surface area contributed by atoms with E-state index in [4.69, 9.17) is 9.47 Å². The summed E-state index contributed by atoms with van der Waals surface area (Å²) < 4.78 is 10.9. The Labute approximate surface area is 83.1 Å². The van der Waals surface area contributed by atoms with E-state index in [9.17, 15) is 0 Å². The Hall–Kier alpha value is -1.28. The highest BCUT2D eigenvalue weighted by Crippen LogP contribution is 2.33. The highest BCUT2D eigenvalue weighted by molar-refractivity contribution is 5.68. The molecule has 2 atom stereocenters. The third-order valence-corrected chi connectivity index (χ3v) is 2.69. The summed E-state index contributed by atoms with van der Waals surface area (Å²) >= 11 is 0. The topological polar surface area (TPSA) is 21.8 Å². The average Bonchev–Trinajstić information content (AvgIpc) is 2.75. The van der Waals surface area contributed by atoms with E-state index in [1.807, 2.05) is 13.0 Å². The lowest BCUT2D eigenvalue weighted by molar-refractivity contribution is 0.150. The van der Waals surface area contributed by atoms with E-state index in [1.165, 1.54) is 11.1 Å². The second kappa shape index (κ2) is 2.85. The van der Waals surface area contributed by atoms with Gasteiger partial charge in [-0.1, -0.05) is 24.3 Å². The summed E-state index contributed by atoms with van der Waals surface area (Å²) in [4.78, 5) is 0. The quantitative estimate of drug-likeness (QED) is 0.664. The molecular weight excluding hydrogens is 176 g/mol. The second-order valence-electron chi connectivity index (χ2n) is 3.76. The van der Waals surface area contributed by atoms with Gasteiger partial charge in [-0.25, -0.2) is 0 Å². The third-order valence-electron chi connectivity index (χ3n) is 2.69. The van der Waals surface area contributed by atoms with Crippen LogP contribution in [-0.4, -0.2) is 12.4 Å². The number of hydrogen-bond donors (Lipinski definition) is 0. The molecule has 0 saturated carbocycles. The van der Waals surface area contributed by atoms with Crippen LogP contribution in [0.25, 0.3) is 5.76 Å². The molecule has 1 heterocycles. The highest BCUT2D eigenvalue weighted by atomic mass is 16.8. The van der Waals surface area contributed by atoms with Gasteiger partial charge >= 0.3 is 0 Å². The third kappa shape index (κ3) is 1.23. The Kier molecular flexibility index (Phi) is 1.64. The van der Waals surface area contributed by atoms with E-state index < -0.39 is 0 Å². The molecule has 3 rings (SSSR count). The number of epoxide rings is 1. The minimum Gasteiger partial charge on any atom is -0.462 e. The predicted molar refractivity (Wildman–Crippen MR) is 53.5 cm³/mol. The Morgan fingerprint density at radius 2 is 2.14 bits per heavy atom. The van der Waals surface area contributed by atoms with E-state index in [0.717, 1.165) is 12.2 Å². The molecule has 0 aromatic heterocycles. The summed E-state index contributed by atoms with van der Waals surface area (Å²) in [6, 6.07) is 8.34. The molecule has 2 aliphatic rings. The molecule has 1 aromatic rings. The van der Waals surface area contributed by atoms with Gasteiger partial charge in [-0.05, 0) is 25.0 Å². The van der Waals surface area contributed by atoms with Gasteiger partial charge in [0.15, 0.2) is 0 Å². The summed E-state index contributed by atoms with van der Waals surface area (Å²) in [6.45, 7) is 2.02. The molecule has 72 valence electrons. The molecule has 0 radical (unpaired) electrons. The van der Waals surface area contributed by atoms with E-state index in [1.54, 1.807) is 0 Å². The number of benzene rings is 1. The highest BCUT2D eigenvalue weighted by Gasteiger charge is 2.38. The van der Waals surface area contributed by atoms with Crippen LogP contribution in [0.4, 0.5) is 0 Å². The van der Waals surface area contributed by atoms with Crippen LogP contribution in [0.5, 0.6) is 0 Å². The van der Waals surface area contributed by atoms with Gasteiger partial charge in [-0.3, -0.25) is 0 Å². The van der Waals surface area contributed by atoms with Crippen molar-refractivity contribution in [3.05, 3.63) is 41.5 Å². The normalized spacial score (nSPS) is 28.2. The first-order valence-electron chi connectivity index (χ1n) is 4.95. The van der Waals surface area contributed by atoms with E-state index >= 15 is 0 Å². The van der Waals surface area contributed by atoms with Gasteiger partial charge in [0.2, 0.25) is 6.29 Å². The maximum absolute atomic E-state index is 5.70. The zero-order valence-corrected chi connectivity index (χ0v) is 8.07. The van der Waals surface area contributed by atoms with Crippen LogP contribution in [0, 0.1) is 0 Å². The van der Waals surface area contributed by atoms with Crippen molar-refractivity contribution >= 4 is 5.76 Å². The minimum atomic E-state index is -0.0209. The van der Waals surface area contributed by atoms with Crippen LogP contribution in [0.3, 0.4) is 0 Å². The zero-order valence-electron chi connectivity index (χ0n) is 8.07. The molecule has 0 spiro atoms. The fourth-order valence-corrected chi connectivity index (χ4v) is 1.78. The first-order chi connectivity index (χ1) is 6.84. The summed E-state index contributed by atoms with van der Waals surface area (Å²) in [6.07, 6.45) is 3.34. The van der Waals surface area contributed by atoms with Crippen molar-refractivity contribution in [3.63, 3.8) is 0 Å². The molecular formula is C12H12O2. The van der Waals surface area contributed by atoms with Gasteiger partial charge in [-0.2, -0.15) is 0 Å². The molecule has 1 saturated heterocycles. The van der Waals surface area contributed by atoms with E-state index in [0.29, 0.717) is 0 Å². The number of ether oxygens (including phenoxy) is 2. The Balaban J connectivity index is 1.82. The molecule has 1 fully saturated rings. The molecule has 2 nitrogen and oxygen atoms in total. The van der Waals surface area contributed by atoms with Crippen molar-refractivity contribution < 1.29 is 9.47 Å². The van der Waals surface area contributed by atoms with Crippen molar-refractivity contribution in [2.24, 2.45) is 0 Å². The molecule has 1 aliphatic carbocycles. The Morgan fingerprint density at radius 1 is 1.36 bits per heavy atom. The van der Waals surface area contributed by atoms with Crippen molar-refractivity contribution in [1.82, 2.24) is 0 Å². The Bertz CT molecular complexity index is 395. The van der Waals surface area contributed by atoms with Crippen molar-refractivity contribution in [3.8, 4) is 0 Å². The van der Waals surface area contributed by atoms with E-state index in [-0.39, 0.29) is 12.4 Å². The lowest BCUT2D eigenvalue weighted by Gasteiger charge is -2.05. The van der Waals surface area contributed by atoms with Gasteiger partial charge in [0.1, 0.15) is 11.9 Å². The van der Waals surface area contributed by atoms with Crippen LogP contribution >= 0.6 is 0 Å². The molecule has 0 bridgehead atoms. The molecule has 1 aliphatic heterocycles. The fraction of sp³-hybridized carbons (Fsp3) is 0.333. The van der Waals surface area contributed by atoms with E-state index in [2.05, 4.69) is 24.3 Å². The van der Waals surface area contributed by atoms with Crippen LogP contribution in [0.15, 0.2) is 30.3 Å². The number of hydrogen-bond acceptors (Lipinski definition) is 2. The van der Waals surface area contributed by atoms with Crippen molar-refractivity contribution in [2.45, 2.75) is 25.7 Å². The second-order valence-corrected chi connectivity index (χ2v) is 3.76. The van der Waals surface area contributed by atoms with Crippen molar-refractivity contribution in [2.75, 3.05) is 0 Å². The number of fused-ring (bicyclic) bond motifs is 1. The maximum Gasteiger partial charge on any atom is 0.226 e. The van der Waals surface area contributed by atoms with Crippen LogP contribution < -0.4 is 0 Å². The lowest BCUT2D eigenvalue weighted by atomic mass is 10.1. The van der Waals surface area contributed by atoms with Crippen LogP contribution in [-0.2, 0) is 15.9 Å². The van der Waals surface area contributed by atoms with Gasteiger partial charge < -0.3 is 9.47 Å². The molecule has 14 heavy (non-hydrogen) atoms. The summed E-state index contributed by atoms with van der Waals surface area (Å²) in [5, 5.41) is 0. The summed E-state index contributed by atoms with van der Waals surface area (Å²) in [5.74, 6) is 0.981. The van der Waals surface area contributed by atoms with Crippen LogP contribution in [0.2, 0.25) is 0 Å². The first-order valence-corrected chi connectivity index (χ1v) is 4.95. The molecule has 0 amide bonds. The largest absolute Gasteiger partial charge is 0.462 e. The molecule has 2 heteroatoms. The van der Waals surface area contributed by atoms with Crippen LogP contribution in [0.1, 0.15) is 18.1 Å². The predicted octanol–water partition coefficient (Wildman–Crippen LogP) is 2.35. The minimum absolute atomic E-state index is 0.0209. The molecule has 1 aromatic carbocycles. The van der Waals surface area contributed by atoms with Gasteiger partial charge in [0.25, 0.3) is 0 Å². The number of rotatable bonds is 2. The van der Waals surface area contributed by atoms with Gasteiger partial charge in [0.05, 0.1) is 0 Å². The Morgan fingerprint density at radius 3 is 2.93 bits per heavy atom. The lowest BCUT2D eigenvalue weighted by Crippen LogP contribution is -1.96. The fourth-order valence-electron chi connectivity index (χ4n) is 1.78. The zero-order chi connectivity index (χ0) is 9.54. The smallest absolute Gasteiger partial charge is 0.226 e. The summed E-state index contributed by atoms with van der Waals surface area (Å²) in [7, 11) is 0. The van der Waals surface area contributed by atoms with Gasteiger partial charge in [-0.15, -0.1) is 0 Å². The number of allylic oxidation sites excluding steroid dienone is 1. The SMILES string of the molecule is CC1OC1OC1=CCc2ccccc21. The standard InChI is InChI=1S/C12H12O2/c1-8-12(13-8)14-11-7-6-9-4-2-3-5-10(9)11/h2-5,7-8,12H,6H2,1H3. The van der Waals surface area contributed by atoms with Crippen molar-refractivity contribution in [1.29, 1.82) is 0 Å². The van der Waals surface area contributed by atoms with Gasteiger partial charge in [0, 0.05) is 5.56 Å². The first kappa shape index (κ1) is 8.06. The summed E-state index contributed by atoms with van der Waals surface area (Å²) in [5.41, 5.74) is 2.56. The monoisotopic (exact) mass is 188 g/mol. The molecule has 0 N–H and O–H groups in total. The molecule has 2 unspecified atom stereocenters.